The summed E-state index contributed by atoms with van der Waals surface area (Å²) < 4.78 is 6.00. The van der Waals surface area contributed by atoms with Crippen molar-refractivity contribution in [2.75, 3.05) is 6.61 Å². The van der Waals surface area contributed by atoms with E-state index in [9.17, 15) is 0 Å². The molecule has 5 heteroatoms. The lowest BCUT2D eigenvalue weighted by Gasteiger charge is -2.39. The monoisotopic (exact) mass is 318 g/mol. The van der Waals surface area contributed by atoms with E-state index in [2.05, 4.69) is 19.3 Å². The van der Waals surface area contributed by atoms with Crippen LogP contribution >= 0.6 is 23.2 Å². The van der Waals surface area contributed by atoms with Crippen LogP contribution in [0.15, 0.2) is 18.2 Å². The first-order valence-corrected chi connectivity index (χ1v) is 7.83. The first-order valence-electron chi connectivity index (χ1n) is 7.07. The van der Waals surface area contributed by atoms with Gasteiger partial charge in [-0.25, -0.2) is 0 Å². The summed E-state index contributed by atoms with van der Waals surface area (Å²) in [5, 5.41) is 1.32. The number of hydrazine groups is 1. The van der Waals surface area contributed by atoms with Gasteiger partial charge in [0.2, 0.25) is 0 Å². The van der Waals surface area contributed by atoms with Crippen LogP contribution in [0.1, 0.15) is 39.2 Å². The van der Waals surface area contributed by atoms with Crippen LogP contribution in [-0.2, 0) is 11.2 Å². The fourth-order valence-corrected chi connectivity index (χ4v) is 3.21. The largest absolute Gasteiger partial charge is 0.374 e. The third kappa shape index (κ3) is 3.86. The fraction of sp³-hybridized carbons (Fsp3) is 0.600. The molecule has 0 fully saturated rings. The predicted octanol–water partition coefficient (Wildman–Crippen LogP) is 3.96. The van der Waals surface area contributed by atoms with Crippen LogP contribution < -0.4 is 11.3 Å². The van der Waals surface area contributed by atoms with Gasteiger partial charge in [0.25, 0.3) is 0 Å². The number of halogens is 2. The zero-order valence-electron chi connectivity index (χ0n) is 12.4. The standard InChI is InChI=1S/C15H24Cl2N2O/c1-4-15(5-2,20-6-3)14(19-18)10-11-12(16)8-7-9-13(11)17/h7-9,14,19H,4-6,10,18H2,1-3H3. The number of hydrogen-bond acceptors (Lipinski definition) is 3. The van der Waals surface area contributed by atoms with Gasteiger partial charge in [0.05, 0.1) is 11.6 Å². The van der Waals surface area contributed by atoms with E-state index in [1.165, 1.54) is 0 Å². The van der Waals surface area contributed by atoms with Gasteiger partial charge in [-0.1, -0.05) is 43.1 Å². The van der Waals surface area contributed by atoms with Crippen LogP contribution in [0.3, 0.4) is 0 Å². The Bertz CT molecular complexity index is 402. The van der Waals surface area contributed by atoms with Crippen LogP contribution in [0.2, 0.25) is 10.0 Å². The van der Waals surface area contributed by atoms with Gasteiger partial charge in [-0.05, 0) is 43.9 Å². The minimum absolute atomic E-state index is 0.0464. The Morgan fingerprint density at radius 2 is 1.75 bits per heavy atom. The molecule has 0 aromatic heterocycles. The van der Waals surface area contributed by atoms with Crippen LogP contribution in [-0.4, -0.2) is 18.2 Å². The molecule has 0 aliphatic carbocycles. The van der Waals surface area contributed by atoms with Gasteiger partial charge in [0.15, 0.2) is 0 Å². The highest BCUT2D eigenvalue weighted by atomic mass is 35.5. The zero-order chi connectivity index (χ0) is 15.2. The number of hydrogen-bond donors (Lipinski definition) is 2. The third-order valence-electron chi connectivity index (χ3n) is 3.93. The lowest BCUT2D eigenvalue weighted by Crippen LogP contribution is -2.55. The molecule has 1 aromatic rings. The summed E-state index contributed by atoms with van der Waals surface area (Å²) in [4.78, 5) is 0. The molecule has 1 aromatic carbocycles. The molecule has 0 aliphatic heterocycles. The minimum atomic E-state index is -0.313. The van der Waals surface area contributed by atoms with Crippen molar-refractivity contribution in [2.24, 2.45) is 5.84 Å². The molecule has 114 valence electrons. The van der Waals surface area contributed by atoms with Crippen LogP contribution in [0.5, 0.6) is 0 Å². The van der Waals surface area contributed by atoms with Crippen molar-refractivity contribution in [1.82, 2.24) is 5.43 Å². The fourth-order valence-electron chi connectivity index (χ4n) is 2.66. The van der Waals surface area contributed by atoms with Crippen molar-refractivity contribution in [3.8, 4) is 0 Å². The molecule has 0 heterocycles. The van der Waals surface area contributed by atoms with Crippen molar-refractivity contribution in [2.45, 2.75) is 51.7 Å². The van der Waals surface area contributed by atoms with E-state index >= 15 is 0 Å². The maximum absolute atomic E-state index is 6.25. The molecule has 20 heavy (non-hydrogen) atoms. The van der Waals surface area contributed by atoms with Crippen molar-refractivity contribution in [3.63, 3.8) is 0 Å². The molecule has 0 amide bonds. The van der Waals surface area contributed by atoms with Crippen LogP contribution in [0.25, 0.3) is 0 Å². The number of nitrogens with two attached hydrogens (primary N) is 1. The maximum atomic E-state index is 6.25. The molecular weight excluding hydrogens is 295 g/mol. The van der Waals surface area contributed by atoms with E-state index in [0.717, 1.165) is 18.4 Å². The average molecular weight is 319 g/mol. The molecule has 0 aliphatic rings. The van der Waals surface area contributed by atoms with Gasteiger partial charge in [-0.3, -0.25) is 11.3 Å². The van der Waals surface area contributed by atoms with Crippen molar-refractivity contribution in [1.29, 1.82) is 0 Å². The van der Waals surface area contributed by atoms with Gasteiger partial charge in [-0.15, -0.1) is 0 Å². The molecule has 0 saturated carbocycles. The lowest BCUT2D eigenvalue weighted by atomic mass is 9.84. The summed E-state index contributed by atoms with van der Waals surface area (Å²) >= 11 is 12.5. The molecule has 3 nitrogen and oxygen atoms in total. The van der Waals surface area contributed by atoms with Crippen LogP contribution in [0, 0.1) is 0 Å². The van der Waals surface area contributed by atoms with Gasteiger partial charge >= 0.3 is 0 Å². The second-order valence-corrected chi connectivity index (χ2v) is 5.64. The quantitative estimate of drug-likeness (QED) is 0.563. The second kappa shape index (κ2) is 8.20. The van der Waals surface area contributed by atoms with E-state index in [1.807, 2.05) is 25.1 Å². The smallest absolute Gasteiger partial charge is 0.0846 e. The van der Waals surface area contributed by atoms with E-state index in [0.29, 0.717) is 23.1 Å². The maximum Gasteiger partial charge on any atom is 0.0846 e. The summed E-state index contributed by atoms with van der Waals surface area (Å²) in [6.07, 6.45) is 2.37. The molecule has 0 spiro atoms. The van der Waals surface area contributed by atoms with E-state index in [1.54, 1.807) is 0 Å². The Morgan fingerprint density at radius 3 is 2.15 bits per heavy atom. The third-order valence-corrected chi connectivity index (χ3v) is 4.64. The number of rotatable bonds is 8. The first kappa shape index (κ1) is 17.7. The predicted molar refractivity (Wildman–Crippen MR) is 86.2 cm³/mol. The molecule has 0 radical (unpaired) electrons. The highest BCUT2D eigenvalue weighted by Crippen LogP contribution is 2.31. The average Bonchev–Trinajstić information content (AvgIpc) is 2.45. The molecule has 0 bridgehead atoms. The Hall–Kier alpha value is -0.320. The highest BCUT2D eigenvalue weighted by Gasteiger charge is 2.36. The summed E-state index contributed by atoms with van der Waals surface area (Å²) in [7, 11) is 0. The molecule has 3 N–H and O–H groups in total. The van der Waals surface area contributed by atoms with Gasteiger partial charge in [0, 0.05) is 16.7 Å². The number of nitrogens with one attached hydrogen (secondary N) is 1. The second-order valence-electron chi connectivity index (χ2n) is 4.83. The Kier molecular flexibility index (Phi) is 7.27. The topological polar surface area (TPSA) is 47.3 Å². The van der Waals surface area contributed by atoms with Crippen molar-refractivity contribution < 1.29 is 4.74 Å². The van der Waals surface area contributed by atoms with E-state index in [-0.39, 0.29) is 11.6 Å². The first-order chi connectivity index (χ1) is 9.54. The molecular formula is C15H24Cl2N2O. The summed E-state index contributed by atoms with van der Waals surface area (Å²) in [5.74, 6) is 5.77. The van der Waals surface area contributed by atoms with Crippen molar-refractivity contribution >= 4 is 23.2 Å². The molecule has 1 unspecified atom stereocenters. The normalized spacial score (nSPS) is 13.5. The molecule has 1 rings (SSSR count). The molecule has 1 atom stereocenters. The van der Waals surface area contributed by atoms with E-state index < -0.39 is 0 Å². The van der Waals surface area contributed by atoms with E-state index in [4.69, 9.17) is 33.8 Å². The summed E-state index contributed by atoms with van der Waals surface area (Å²) in [5.41, 5.74) is 3.48. The Labute approximate surface area is 131 Å². The molecule has 0 saturated heterocycles. The Morgan fingerprint density at radius 1 is 1.20 bits per heavy atom. The number of ether oxygens (including phenoxy) is 1. The summed E-state index contributed by atoms with van der Waals surface area (Å²) in [6, 6.07) is 5.48. The number of benzene rings is 1. The summed E-state index contributed by atoms with van der Waals surface area (Å²) in [6.45, 7) is 6.86. The van der Waals surface area contributed by atoms with Gasteiger partial charge in [0.1, 0.15) is 0 Å². The minimum Gasteiger partial charge on any atom is -0.374 e. The SMILES string of the molecule is CCOC(CC)(CC)C(Cc1c(Cl)cccc1Cl)NN. The van der Waals surface area contributed by atoms with Crippen molar-refractivity contribution in [3.05, 3.63) is 33.8 Å². The Balaban J connectivity index is 3.06. The highest BCUT2D eigenvalue weighted by molar-refractivity contribution is 6.36. The zero-order valence-corrected chi connectivity index (χ0v) is 13.9. The van der Waals surface area contributed by atoms with Gasteiger partial charge < -0.3 is 4.74 Å². The van der Waals surface area contributed by atoms with Crippen LogP contribution in [0.4, 0.5) is 0 Å². The van der Waals surface area contributed by atoms with Gasteiger partial charge in [-0.2, -0.15) is 0 Å². The lowest BCUT2D eigenvalue weighted by molar-refractivity contribution is -0.0719.